The minimum atomic E-state index is -0.347. The number of benzene rings is 1. The molecule has 0 bridgehead atoms. The molecular weight excluding hydrogens is 347 g/mol. The largest absolute Gasteiger partial charge is 0.391 e. The van der Waals surface area contributed by atoms with Crippen LogP contribution in [0, 0.1) is 12.7 Å². The van der Waals surface area contributed by atoms with Crippen LogP contribution in [-0.4, -0.2) is 50.4 Å². The van der Waals surface area contributed by atoms with E-state index < -0.39 is 0 Å². The smallest absolute Gasteiger partial charge is 0.239 e. The number of carbonyl (C=O) groups is 1. The van der Waals surface area contributed by atoms with E-state index in [1.54, 1.807) is 22.9 Å². The number of nitrogens with one attached hydrogen (secondary N) is 1. The molecular formula is C20H25FN4O2. The second kappa shape index (κ2) is 7.05. The second-order valence-electron chi connectivity index (χ2n) is 7.64. The summed E-state index contributed by atoms with van der Waals surface area (Å²) >= 11 is 0. The summed E-state index contributed by atoms with van der Waals surface area (Å²) in [5.74, 6) is 0.116. The van der Waals surface area contributed by atoms with Crippen LogP contribution in [0.15, 0.2) is 30.3 Å². The lowest BCUT2D eigenvalue weighted by atomic mass is 9.91. The lowest BCUT2D eigenvalue weighted by Crippen LogP contribution is -2.50. The average Bonchev–Trinajstić information content (AvgIpc) is 3.33. The van der Waals surface area contributed by atoms with Crippen molar-refractivity contribution in [3.8, 4) is 5.69 Å². The van der Waals surface area contributed by atoms with Crippen molar-refractivity contribution >= 4 is 11.7 Å². The van der Waals surface area contributed by atoms with Gasteiger partial charge in [-0.3, -0.25) is 9.69 Å². The fourth-order valence-corrected chi connectivity index (χ4v) is 4.58. The van der Waals surface area contributed by atoms with Crippen molar-refractivity contribution < 1.29 is 14.3 Å². The second-order valence-corrected chi connectivity index (χ2v) is 7.64. The van der Waals surface area contributed by atoms with E-state index in [1.165, 1.54) is 12.1 Å². The Balaban J connectivity index is 1.50. The molecule has 1 aliphatic carbocycles. The lowest BCUT2D eigenvalue weighted by molar-refractivity contribution is -0.118. The van der Waals surface area contributed by atoms with Gasteiger partial charge in [-0.1, -0.05) is 12.8 Å². The number of aliphatic hydroxyl groups excluding tert-OH is 1. The van der Waals surface area contributed by atoms with Crippen LogP contribution < -0.4 is 5.32 Å². The van der Waals surface area contributed by atoms with Crippen LogP contribution in [0.4, 0.5) is 10.2 Å². The van der Waals surface area contributed by atoms with E-state index in [0.29, 0.717) is 11.5 Å². The van der Waals surface area contributed by atoms with Gasteiger partial charge in [0, 0.05) is 18.2 Å². The van der Waals surface area contributed by atoms with Crippen LogP contribution in [0.1, 0.15) is 37.8 Å². The van der Waals surface area contributed by atoms with Crippen molar-refractivity contribution in [2.45, 2.75) is 50.7 Å². The summed E-state index contributed by atoms with van der Waals surface area (Å²) < 4.78 is 14.8. The molecule has 27 heavy (non-hydrogen) atoms. The molecule has 2 fully saturated rings. The molecule has 0 radical (unpaired) electrons. The highest BCUT2D eigenvalue weighted by atomic mass is 19.1. The molecule has 1 saturated carbocycles. The van der Waals surface area contributed by atoms with Gasteiger partial charge in [0.05, 0.1) is 24.0 Å². The Kier molecular flexibility index (Phi) is 4.74. The van der Waals surface area contributed by atoms with Gasteiger partial charge < -0.3 is 10.4 Å². The zero-order chi connectivity index (χ0) is 19.0. The van der Waals surface area contributed by atoms with E-state index in [0.717, 1.165) is 44.3 Å². The normalized spacial score (nSPS) is 21.8. The van der Waals surface area contributed by atoms with Crippen molar-refractivity contribution in [2.75, 3.05) is 18.4 Å². The van der Waals surface area contributed by atoms with E-state index >= 15 is 0 Å². The molecule has 1 spiro atoms. The Morgan fingerprint density at radius 3 is 2.74 bits per heavy atom. The van der Waals surface area contributed by atoms with E-state index in [1.807, 2.05) is 6.92 Å². The Morgan fingerprint density at radius 1 is 1.33 bits per heavy atom. The van der Waals surface area contributed by atoms with Crippen molar-refractivity contribution in [3.63, 3.8) is 0 Å². The van der Waals surface area contributed by atoms with Gasteiger partial charge in [0.1, 0.15) is 11.6 Å². The highest BCUT2D eigenvalue weighted by Crippen LogP contribution is 2.43. The SMILES string of the molecule is Cc1cc(NC(=O)CN2CCC(O)C23CCCC3)n(-c2ccc(F)cc2)n1. The molecule has 1 saturated heterocycles. The van der Waals surface area contributed by atoms with Crippen molar-refractivity contribution in [1.29, 1.82) is 0 Å². The summed E-state index contributed by atoms with van der Waals surface area (Å²) in [6.07, 6.45) is 4.49. The fourth-order valence-electron chi connectivity index (χ4n) is 4.58. The number of amides is 1. The van der Waals surface area contributed by atoms with Gasteiger partial charge in [-0.15, -0.1) is 0 Å². The molecule has 1 aliphatic heterocycles. The fraction of sp³-hybridized carbons (Fsp3) is 0.500. The van der Waals surface area contributed by atoms with Gasteiger partial charge >= 0.3 is 0 Å². The molecule has 1 aromatic carbocycles. The summed E-state index contributed by atoms with van der Waals surface area (Å²) in [5.41, 5.74) is 1.21. The zero-order valence-corrected chi connectivity index (χ0v) is 15.5. The maximum atomic E-state index is 13.2. The van der Waals surface area contributed by atoms with Gasteiger partial charge in [-0.05, 0) is 50.5 Å². The number of halogens is 1. The zero-order valence-electron chi connectivity index (χ0n) is 15.5. The first-order valence-corrected chi connectivity index (χ1v) is 9.53. The maximum Gasteiger partial charge on any atom is 0.239 e. The molecule has 144 valence electrons. The number of aromatic nitrogens is 2. The van der Waals surface area contributed by atoms with Crippen molar-refractivity contribution in [3.05, 3.63) is 41.8 Å². The molecule has 7 heteroatoms. The van der Waals surface area contributed by atoms with E-state index in [-0.39, 0.29) is 29.9 Å². The van der Waals surface area contributed by atoms with Crippen LogP contribution in [0.3, 0.4) is 0 Å². The average molecular weight is 372 g/mol. The molecule has 1 aromatic heterocycles. The first-order chi connectivity index (χ1) is 13.0. The number of nitrogens with zero attached hydrogens (tertiary/aromatic N) is 3. The number of likely N-dealkylation sites (tertiary alicyclic amines) is 1. The molecule has 2 N–H and O–H groups in total. The molecule has 2 aliphatic rings. The lowest BCUT2D eigenvalue weighted by Gasteiger charge is -2.36. The highest BCUT2D eigenvalue weighted by molar-refractivity contribution is 5.92. The molecule has 1 unspecified atom stereocenters. The Hall–Kier alpha value is -2.25. The summed E-state index contributed by atoms with van der Waals surface area (Å²) in [6.45, 7) is 2.84. The minimum Gasteiger partial charge on any atom is -0.391 e. The molecule has 6 nitrogen and oxygen atoms in total. The predicted octanol–water partition coefficient (Wildman–Crippen LogP) is 2.64. The number of aryl methyl sites for hydroxylation is 1. The maximum absolute atomic E-state index is 13.2. The van der Waals surface area contributed by atoms with E-state index in [2.05, 4.69) is 15.3 Å². The molecule has 2 aromatic rings. The third-order valence-electron chi connectivity index (χ3n) is 5.90. The van der Waals surface area contributed by atoms with Crippen LogP contribution in [0.2, 0.25) is 0 Å². The number of aliphatic hydroxyl groups is 1. The molecule has 2 heterocycles. The first kappa shape index (κ1) is 18.1. The predicted molar refractivity (Wildman–Crippen MR) is 100 cm³/mol. The number of rotatable bonds is 4. The van der Waals surface area contributed by atoms with Crippen molar-refractivity contribution in [1.82, 2.24) is 14.7 Å². The minimum absolute atomic E-state index is 0.126. The first-order valence-electron chi connectivity index (χ1n) is 9.53. The van der Waals surface area contributed by atoms with E-state index in [9.17, 15) is 14.3 Å². The molecule has 1 atom stereocenters. The number of carbonyl (C=O) groups excluding carboxylic acids is 1. The van der Waals surface area contributed by atoms with Crippen molar-refractivity contribution in [2.24, 2.45) is 0 Å². The summed E-state index contributed by atoms with van der Waals surface area (Å²) in [7, 11) is 0. The Morgan fingerprint density at radius 2 is 2.04 bits per heavy atom. The monoisotopic (exact) mass is 372 g/mol. The topological polar surface area (TPSA) is 70.4 Å². The van der Waals surface area contributed by atoms with Gasteiger partial charge in [0.25, 0.3) is 0 Å². The van der Waals surface area contributed by atoms with Crippen LogP contribution in [0.5, 0.6) is 0 Å². The van der Waals surface area contributed by atoms with Gasteiger partial charge in [0.2, 0.25) is 5.91 Å². The summed E-state index contributed by atoms with van der Waals surface area (Å²) in [6, 6.07) is 7.79. The standard InChI is InChI=1S/C20H25FN4O2/c1-14-12-18(25(23-14)16-6-4-15(21)5-7-16)22-19(27)13-24-11-8-17(26)20(24)9-2-3-10-20/h4-7,12,17,26H,2-3,8-11,13H2,1H3,(H,22,27). The number of hydrogen-bond acceptors (Lipinski definition) is 4. The highest BCUT2D eigenvalue weighted by Gasteiger charge is 2.49. The molecule has 1 amide bonds. The van der Waals surface area contributed by atoms with Gasteiger partial charge in [-0.25, -0.2) is 9.07 Å². The number of anilines is 1. The third-order valence-corrected chi connectivity index (χ3v) is 5.90. The number of hydrogen-bond donors (Lipinski definition) is 2. The Labute approximate surface area is 158 Å². The van der Waals surface area contributed by atoms with Crippen LogP contribution >= 0.6 is 0 Å². The van der Waals surface area contributed by atoms with E-state index in [4.69, 9.17) is 0 Å². The van der Waals surface area contributed by atoms with Gasteiger partial charge in [0.15, 0.2) is 0 Å². The van der Waals surface area contributed by atoms with Crippen LogP contribution in [0.25, 0.3) is 5.69 Å². The molecule has 4 rings (SSSR count). The van der Waals surface area contributed by atoms with Crippen LogP contribution in [-0.2, 0) is 4.79 Å². The van der Waals surface area contributed by atoms with Gasteiger partial charge in [-0.2, -0.15) is 5.10 Å². The summed E-state index contributed by atoms with van der Waals surface area (Å²) in [4.78, 5) is 14.9. The Bertz CT molecular complexity index is 827. The quantitative estimate of drug-likeness (QED) is 0.866. The third kappa shape index (κ3) is 3.37. The summed E-state index contributed by atoms with van der Waals surface area (Å²) in [5, 5.41) is 17.8.